The van der Waals surface area contributed by atoms with Gasteiger partial charge in [0.2, 0.25) is 6.41 Å². The van der Waals surface area contributed by atoms with Gasteiger partial charge in [0.05, 0.1) is 0 Å². The quantitative estimate of drug-likeness (QED) is 0.606. The van der Waals surface area contributed by atoms with E-state index in [0.29, 0.717) is 17.2 Å². The van der Waals surface area contributed by atoms with E-state index in [1.54, 1.807) is 4.90 Å². The first-order chi connectivity index (χ1) is 8.70. The summed E-state index contributed by atoms with van der Waals surface area (Å²) >= 11 is 3.22. The van der Waals surface area contributed by atoms with Crippen molar-refractivity contribution in [3.63, 3.8) is 0 Å². The number of halogens is 1. The summed E-state index contributed by atoms with van der Waals surface area (Å²) in [5.74, 6) is 0. The van der Waals surface area contributed by atoms with Crippen LogP contribution in [-0.2, 0) is 9.53 Å². The van der Waals surface area contributed by atoms with Crippen molar-refractivity contribution >= 4 is 27.0 Å². The molecule has 2 N–H and O–H groups in total. The van der Waals surface area contributed by atoms with Crippen molar-refractivity contribution in [1.82, 2.24) is 10.2 Å². The molecule has 0 aliphatic carbocycles. The highest BCUT2D eigenvalue weighted by Gasteiger charge is 2.22. The van der Waals surface area contributed by atoms with Crippen molar-refractivity contribution in [3.05, 3.63) is 11.3 Å². The lowest BCUT2D eigenvalue weighted by Gasteiger charge is -2.32. The molecule has 0 saturated carbocycles. The lowest BCUT2D eigenvalue weighted by atomic mass is 10.0. The topological polar surface area (TPSA) is 65.4 Å². The molecule has 0 spiro atoms. The molecule has 2 rings (SSSR count). The Balaban J connectivity index is 2.06. The van der Waals surface area contributed by atoms with E-state index in [1.165, 1.54) is 0 Å². The van der Waals surface area contributed by atoms with Crippen LogP contribution in [0, 0.1) is 5.41 Å². The smallest absolute Gasteiger partial charge is 0.210 e. The Kier molecular flexibility index (Phi) is 4.77. The van der Waals surface area contributed by atoms with Gasteiger partial charge in [0.25, 0.3) is 0 Å². The minimum absolute atomic E-state index is 0.364. The second kappa shape index (κ2) is 6.33. The van der Waals surface area contributed by atoms with Gasteiger partial charge in [-0.2, -0.15) is 0 Å². The predicted molar refractivity (Wildman–Crippen MR) is 72.9 cm³/mol. The van der Waals surface area contributed by atoms with Gasteiger partial charge < -0.3 is 15.0 Å². The number of ether oxygens (including phenoxy) is 1. The van der Waals surface area contributed by atoms with Crippen LogP contribution < -0.4 is 5.32 Å². The summed E-state index contributed by atoms with van der Waals surface area (Å²) in [5, 5.41) is 11.3. The van der Waals surface area contributed by atoms with Gasteiger partial charge in [0, 0.05) is 50.0 Å². The number of hydrogen-bond donors (Lipinski definition) is 2. The molecule has 100 valence electrons. The molecule has 0 radical (unpaired) electrons. The van der Waals surface area contributed by atoms with E-state index in [-0.39, 0.29) is 0 Å². The molecule has 6 heteroatoms. The van der Waals surface area contributed by atoms with Gasteiger partial charge >= 0.3 is 0 Å². The van der Waals surface area contributed by atoms with Crippen LogP contribution in [0.3, 0.4) is 0 Å². The number of carbonyl (C=O) groups excluding carboxylic acids is 1. The zero-order valence-corrected chi connectivity index (χ0v) is 11.8. The molecule has 0 atom stereocenters. The van der Waals surface area contributed by atoms with Crippen molar-refractivity contribution in [2.45, 2.75) is 25.3 Å². The highest BCUT2D eigenvalue weighted by atomic mass is 79.9. The van der Waals surface area contributed by atoms with Crippen LogP contribution >= 0.6 is 15.9 Å². The molecular formula is C12H18BrN3O2. The van der Waals surface area contributed by atoms with Crippen LogP contribution in [0.4, 0.5) is 0 Å². The van der Waals surface area contributed by atoms with Crippen molar-refractivity contribution in [2.24, 2.45) is 0 Å². The van der Waals surface area contributed by atoms with Gasteiger partial charge in [-0.05, 0) is 28.8 Å². The summed E-state index contributed by atoms with van der Waals surface area (Å²) in [7, 11) is 0. The fraction of sp³-hybridized carbons (Fsp3) is 0.667. The SMILES string of the molecule is N=C(Br)C1=C(NC2CCOCC2)CCN(C=O)C1. The number of nitrogens with one attached hydrogen (secondary N) is 2. The van der Waals surface area contributed by atoms with Crippen LogP contribution in [-0.4, -0.2) is 48.3 Å². The Morgan fingerprint density at radius 1 is 1.50 bits per heavy atom. The van der Waals surface area contributed by atoms with Crippen LogP contribution in [0.15, 0.2) is 11.3 Å². The lowest BCUT2D eigenvalue weighted by Crippen LogP contribution is -2.40. The molecule has 1 saturated heterocycles. The van der Waals surface area contributed by atoms with E-state index in [9.17, 15) is 4.79 Å². The van der Waals surface area contributed by atoms with E-state index < -0.39 is 0 Å². The maximum atomic E-state index is 10.8. The summed E-state index contributed by atoms with van der Waals surface area (Å²) in [6.07, 6.45) is 3.65. The molecule has 1 fully saturated rings. The molecule has 0 aromatic carbocycles. The van der Waals surface area contributed by atoms with Crippen LogP contribution in [0.1, 0.15) is 19.3 Å². The van der Waals surface area contributed by atoms with E-state index >= 15 is 0 Å². The van der Waals surface area contributed by atoms with Crippen molar-refractivity contribution in [2.75, 3.05) is 26.3 Å². The van der Waals surface area contributed by atoms with Crippen molar-refractivity contribution in [1.29, 1.82) is 5.41 Å². The van der Waals surface area contributed by atoms with Crippen LogP contribution in [0.25, 0.3) is 0 Å². The van der Waals surface area contributed by atoms with Crippen LogP contribution in [0.5, 0.6) is 0 Å². The maximum absolute atomic E-state index is 10.8. The minimum Gasteiger partial charge on any atom is -0.385 e. The summed E-state index contributed by atoms with van der Waals surface area (Å²) in [6, 6.07) is 0.429. The number of nitrogens with zero attached hydrogens (tertiary/aromatic N) is 1. The minimum atomic E-state index is 0.364. The predicted octanol–water partition coefficient (Wildman–Crippen LogP) is 1.24. The van der Waals surface area contributed by atoms with Crippen molar-refractivity contribution < 1.29 is 9.53 Å². The number of rotatable bonds is 4. The molecule has 0 aromatic heterocycles. The van der Waals surface area contributed by atoms with E-state index in [2.05, 4.69) is 21.2 Å². The van der Waals surface area contributed by atoms with E-state index in [1.807, 2.05) is 0 Å². The molecule has 0 aromatic rings. The Hall–Kier alpha value is -0.880. The third kappa shape index (κ3) is 3.32. The molecule has 2 aliphatic heterocycles. The zero-order valence-electron chi connectivity index (χ0n) is 10.2. The third-order valence-corrected chi connectivity index (χ3v) is 3.87. The molecule has 5 nitrogen and oxygen atoms in total. The molecule has 0 bridgehead atoms. The molecule has 18 heavy (non-hydrogen) atoms. The normalized spacial score (nSPS) is 21.9. The second-order valence-electron chi connectivity index (χ2n) is 4.63. The maximum Gasteiger partial charge on any atom is 0.210 e. The van der Waals surface area contributed by atoms with Crippen molar-refractivity contribution in [3.8, 4) is 0 Å². The summed E-state index contributed by atoms with van der Waals surface area (Å²) in [4.78, 5) is 12.5. The lowest BCUT2D eigenvalue weighted by molar-refractivity contribution is -0.117. The summed E-state index contributed by atoms with van der Waals surface area (Å²) in [5.41, 5.74) is 1.99. The second-order valence-corrected chi connectivity index (χ2v) is 5.42. The fourth-order valence-corrected chi connectivity index (χ4v) is 2.69. The molecule has 2 aliphatic rings. The average molecular weight is 316 g/mol. The first-order valence-electron chi connectivity index (χ1n) is 6.20. The number of hydrogen-bond acceptors (Lipinski definition) is 4. The van der Waals surface area contributed by atoms with Gasteiger partial charge in [-0.25, -0.2) is 0 Å². The van der Waals surface area contributed by atoms with Gasteiger partial charge in [-0.1, -0.05) is 0 Å². The van der Waals surface area contributed by atoms with Crippen LogP contribution in [0.2, 0.25) is 0 Å². The molecular weight excluding hydrogens is 298 g/mol. The van der Waals surface area contributed by atoms with Gasteiger partial charge in [-0.15, -0.1) is 0 Å². The van der Waals surface area contributed by atoms with Gasteiger partial charge in [-0.3, -0.25) is 10.2 Å². The highest BCUT2D eigenvalue weighted by Crippen LogP contribution is 2.20. The molecule has 0 unspecified atom stereocenters. The average Bonchev–Trinajstić information content (AvgIpc) is 2.40. The Morgan fingerprint density at radius 2 is 2.22 bits per heavy atom. The molecule has 1 amide bonds. The number of amides is 1. The monoisotopic (exact) mass is 315 g/mol. The third-order valence-electron chi connectivity index (χ3n) is 3.39. The Bertz CT molecular complexity index is 364. The largest absolute Gasteiger partial charge is 0.385 e. The van der Waals surface area contributed by atoms with E-state index in [0.717, 1.165) is 56.7 Å². The summed E-state index contributed by atoms with van der Waals surface area (Å²) in [6.45, 7) is 2.83. The first kappa shape index (κ1) is 13.5. The summed E-state index contributed by atoms with van der Waals surface area (Å²) < 4.78 is 5.70. The standard InChI is InChI=1S/C12H18BrN3O2/c13-12(14)10-7-16(8-17)4-1-11(10)15-9-2-5-18-6-3-9/h8-9,14-15H,1-7H2. The van der Waals surface area contributed by atoms with Gasteiger partial charge in [0.15, 0.2) is 0 Å². The van der Waals surface area contributed by atoms with Gasteiger partial charge in [0.1, 0.15) is 4.62 Å². The molecule has 2 heterocycles. The Labute approximate surface area is 115 Å². The highest BCUT2D eigenvalue weighted by molar-refractivity contribution is 9.18. The number of carbonyl (C=O) groups is 1. The fourth-order valence-electron chi connectivity index (χ4n) is 2.32. The Morgan fingerprint density at radius 3 is 2.83 bits per heavy atom. The zero-order chi connectivity index (χ0) is 13.0. The first-order valence-corrected chi connectivity index (χ1v) is 7.00. The van der Waals surface area contributed by atoms with E-state index in [4.69, 9.17) is 10.1 Å².